The zero-order chi connectivity index (χ0) is 25.3. The lowest BCUT2D eigenvalue weighted by molar-refractivity contribution is -0.123. The SMILES string of the molecule is C=CCc1ccc(OCCn2c(C(C)NC(=O)COc3ccccc3)nc3ccccc32)c(OC)c1. The van der Waals surface area contributed by atoms with Gasteiger partial charge in [-0.25, -0.2) is 4.98 Å². The maximum absolute atomic E-state index is 12.6. The Labute approximate surface area is 211 Å². The van der Waals surface area contributed by atoms with Crippen LogP contribution in [-0.2, 0) is 17.8 Å². The molecule has 1 atom stereocenters. The molecule has 1 heterocycles. The zero-order valence-electron chi connectivity index (χ0n) is 20.6. The summed E-state index contributed by atoms with van der Waals surface area (Å²) in [6.45, 7) is 6.59. The molecular formula is C29H31N3O4. The van der Waals surface area contributed by atoms with Crippen LogP contribution in [0, 0.1) is 0 Å². The first kappa shape index (κ1) is 24.9. The summed E-state index contributed by atoms with van der Waals surface area (Å²) in [6.07, 6.45) is 2.62. The Hall–Kier alpha value is -4.26. The molecule has 0 spiro atoms. The number of methoxy groups -OCH3 is 1. The Bertz CT molecular complexity index is 1320. The van der Waals surface area contributed by atoms with E-state index in [9.17, 15) is 4.79 Å². The van der Waals surface area contributed by atoms with E-state index in [0.29, 0.717) is 30.4 Å². The van der Waals surface area contributed by atoms with E-state index in [2.05, 4.69) is 16.5 Å². The van der Waals surface area contributed by atoms with Crippen molar-refractivity contribution in [3.8, 4) is 17.2 Å². The molecule has 4 rings (SSSR count). The molecule has 0 aliphatic carbocycles. The first-order valence-corrected chi connectivity index (χ1v) is 11.9. The fraction of sp³-hybridized carbons (Fsp3) is 0.241. The van der Waals surface area contributed by atoms with Crippen LogP contribution in [-0.4, -0.2) is 35.8 Å². The maximum atomic E-state index is 12.6. The molecule has 7 nitrogen and oxygen atoms in total. The molecule has 0 aliphatic rings. The lowest BCUT2D eigenvalue weighted by Crippen LogP contribution is -2.33. The highest BCUT2D eigenvalue weighted by Gasteiger charge is 2.19. The van der Waals surface area contributed by atoms with Crippen molar-refractivity contribution >= 4 is 16.9 Å². The fourth-order valence-electron chi connectivity index (χ4n) is 4.04. The largest absolute Gasteiger partial charge is 0.493 e. The number of carbonyl (C=O) groups is 1. The van der Waals surface area contributed by atoms with E-state index in [-0.39, 0.29) is 18.6 Å². The van der Waals surface area contributed by atoms with E-state index in [1.807, 2.05) is 85.8 Å². The van der Waals surface area contributed by atoms with Gasteiger partial charge in [0.1, 0.15) is 18.2 Å². The van der Waals surface area contributed by atoms with Crippen LogP contribution in [0.5, 0.6) is 17.2 Å². The van der Waals surface area contributed by atoms with Crippen LogP contribution in [0.25, 0.3) is 11.0 Å². The number of nitrogens with one attached hydrogen (secondary N) is 1. The minimum atomic E-state index is -0.322. The summed E-state index contributed by atoms with van der Waals surface area (Å²) in [4.78, 5) is 17.3. The van der Waals surface area contributed by atoms with Gasteiger partial charge < -0.3 is 24.1 Å². The van der Waals surface area contributed by atoms with E-state index in [1.165, 1.54) is 0 Å². The third-order valence-electron chi connectivity index (χ3n) is 5.74. The normalized spacial score (nSPS) is 11.6. The number of carbonyl (C=O) groups excluding carboxylic acids is 1. The number of fused-ring (bicyclic) bond motifs is 1. The standard InChI is InChI=1S/C29H31N3O4/c1-4-10-22-15-16-26(27(19-22)34-3)35-18-17-32-25-14-9-8-13-24(25)31-29(32)21(2)30-28(33)20-36-23-11-6-5-7-12-23/h4-9,11-16,19,21H,1,10,17-18,20H2,2-3H3,(H,30,33). The minimum Gasteiger partial charge on any atom is -0.493 e. The van der Waals surface area contributed by atoms with Crippen LogP contribution in [0.4, 0.5) is 0 Å². The Kier molecular flexibility index (Phi) is 8.24. The Morgan fingerprint density at radius 1 is 1.06 bits per heavy atom. The molecule has 4 aromatic rings. The second kappa shape index (κ2) is 11.9. The second-order valence-corrected chi connectivity index (χ2v) is 8.33. The van der Waals surface area contributed by atoms with Crippen LogP contribution < -0.4 is 19.5 Å². The number of para-hydroxylation sites is 3. The Morgan fingerprint density at radius 3 is 2.61 bits per heavy atom. The van der Waals surface area contributed by atoms with Crippen LogP contribution >= 0.6 is 0 Å². The molecule has 0 radical (unpaired) electrons. The number of rotatable bonds is 12. The number of hydrogen-bond acceptors (Lipinski definition) is 5. The number of aromatic nitrogens is 2. The number of hydrogen-bond donors (Lipinski definition) is 1. The van der Waals surface area contributed by atoms with Crippen molar-refractivity contribution in [2.75, 3.05) is 20.3 Å². The molecule has 0 aliphatic heterocycles. The van der Waals surface area contributed by atoms with Crippen molar-refractivity contribution in [2.24, 2.45) is 0 Å². The van der Waals surface area contributed by atoms with Crippen molar-refractivity contribution in [2.45, 2.75) is 25.9 Å². The van der Waals surface area contributed by atoms with Gasteiger partial charge in [0.2, 0.25) is 0 Å². The summed E-state index contributed by atoms with van der Waals surface area (Å²) < 4.78 is 19.2. The summed E-state index contributed by atoms with van der Waals surface area (Å²) in [7, 11) is 1.63. The smallest absolute Gasteiger partial charge is 0.258 e. The number of allylic oxidation sites excluding steroid dienone is 1. The zero-order valence-corrected chi connectivity index (χ0v) is 20.6. The Morgan fingerprint density at radius 2 is 1.83 bits per heavy atom. The van der Waals surface area contributed by atoms with Gasteiger partial charge in [-0.05, 0) is 55.3 Å². The molecule has 36 heavy (non-hydrogen) atoms. The van der Waals surface area contributed by atoms with Gasteiger partial charge in [0.25, 0.3) is 5.91 Å². The quantitative estimate of drug-likeness (QED) is 0.282. The molecular weight excluding hydrogens is 454 g/mol. The highest BCUT2D eigenvalue weighted by Crippen LogP contribution is 2.29. The lowest BCUT2D eigenvalue weighted by Gasteiger charge is -2.17. The van der Waals surface area contributed by atoms with Gasteiger partial charge in [0.15, 0.2) is 18.1 Å². The molecule has 0 fully saturated rings. The minimum absolute atomic E-state index is 0.0701. The highest BCUT2D eigenvalue weighted by atomic mass is 16.5. The predicted octanol–water partition coefficient (Wildman–Crippen LogP) is 5.11. The highest BCUT2D eigenvalue weighted by molar-refractivity contribution is 5.79. The summed E-state index contributed by atoms with van der Waals surface area (Å²) in [5.41, 5.74) is 2.95. The number of benzene rings is 3. The van der Waals surface area contributed by atoms with Crippen molar-refractivity contribution in [1.29, 1.82) is 0 Å². The van der Waals surface area contributed by atoms with Gasteiger partial charge in [0.05, 0.1) is 30.7 Å². The van der Waals surface area contributed by atoms with Gasteiger partial charge >= 0.3 is 0 Å². The topological polar surface area (TPSA) is 74.6 Å². The van der Waals surface area contributed by atoms with Crippen LogP contribution in [0.3, 0.4) is 0 Å². The number of nitrogens with zero attached hydrogens (tertiary/aromatic N) is 2. The van der Waals surface area contributed by atoms with Gasteiger partial charge in [-0.1, -0.05) is 42.5 Å². The number of ether oxygens (including phenoxy) is 3. The van der Waals surface area contributed by atoms with E-state index in [4.69, 9.17) is 19.2 Å². The molecule has 1 amide bonds. The van der Waals surface area contributed by atoms with Crippen molar-refractivity contribution in [3.63, 3.8) is 0 Å². The number of imidazole rings is 1. The van der Waals surface area contributed by atoms with Crippen molar-refractivity contribution in [1.82, 2.24) is 14.9 Å². The molecule has 0 saturated heterocycles. The third-order valence-corrected chi connectivity index (χ3v) is 5.74. The van der Waals surface area contributed by atoms with Crippen LogP contribution in [0.2, 0.25) is 0 Å². The first-order chi connectivity index (χ1) is 17.6. The Balaban J connectivity index is 1.45. The molecule has 7 heteroatoms. The van der Waals surface area contributed by atoms with E-state index < -0.39 is 0 Å². The molecule has 1 N–H and O–H groups in total. The van der Waals surface area contributed by atoms with E-state index >= 15 is 0 Å². The van der Waals surface area contributed by atoms with Gasteiger partial charge in [-0.2, -0.15) is 0 Å². The predicted molar refractivity (Wildman–Crippen MR) is 141 cm³/mol. The van der Waals surface area contributed by atoms with Crippen LogP contribution in [0.15, 0.2) is 85.5 Å². The number of amides is 1. The molecule has 3 aromatic carbocycles. The molecule has 186 valence electrons. The average molecular weight is 486 g/mol. The van der Waals surface area contributed by atoms with Crippen LogP contribution in [0.1, 0.15) is 24.4 Å². The monoisotopic (exact) mass is 485 g/mol. The summed E-state index contributed by atoms with van der Waals surface area (Å²) in [5.74, 6) is 2.55. The van der Waals surface area contributed by atoms with E-state index in [0.717, 1.165) is 28.8 Å². The second-order valence-electron chi connectivity index (χ2n) is 8.33. The maximum Gasteiger partial charge on any atom is 0.258 e. The molecule has 0 saturated carbocycles. The van der Waals surface area contributed by atoms with Gasteiger partial charge in [0, 0.05) is 0 Å². The fourth-order valence-corrected chi connectivity index (χ4v) is 4.04. The first-order valence-electron chi connectivity index (χ1n) is 11.9. The van der Waals surface area contributed by atoms with Crippen molar-refractivity contribution < 1.29 is 19.0 Å². The summed E-state index contributed by atoms with van der Waals surface area (Å²) >= 11 is 0. The van der Waals surface area contributed by atoms with Gasteiger partial charge in [-0.15, -0.1) is 6.58 Å². The lowest BCUT2D eigenvalue weighted by atomic mass is 10.1. The summed E-state index contributed by atoms with van der Waals surface area (Å²) in [5, 5.41) is 3.00. The average Bonchev–Trinajstić information content (AvgIpc) is 3.27. The third kappa shape index (κ3) is 6.05. The van der Waals surface area contributed by atoms with Gasteiger partial charge in [-0.3, -0.25) is 4.79 Å². The summed E-state index contributed by atoms with van der Waals surface area (Å²) in [6, 6.07) is 22.7. The molecule has 1 aromatic heterocycles. The van der Waals surface area contributed by atoms with E-state index in [1.54, 1.807) is 7.11 Å². The molecule has 1 unspecified atom stereocenters. The van der Waals surface area contributed by atoms with Crippen molar-refractivity contribution in [3.05, 3.63) is 96.8 Å². The molecule has 0 bridgehead atoms.